The van der Waals surface area contributed by atoms with E-state index >= 15 is 0 Å². The molecule has 0 radical (unpaired) electrons. The first-order valence-corrected chi connectivity index (χ1v) is 4.52. The SMILES string of the molecule is N#CCc1ccnn1C1CCNC1. The van der Waals surface area contributed by atoms with Crippen molar-refractivity contribution in [2.75, 3.05) is 13.1 Å². The van der Waals surface area contributed by atoms with Gasteiger partial charge in [0, 0.05) is 12.7 Å². The van der Waals surface area contributed by atoms with E-state index in [0.717, 1.165) is 25.2 Å². The zero-order valence-electron chi connectivity index (χ0n) is 7.40. The van der Waals surface area contributed by atoms with Gasteiger partial charge in [0.25, 0.3) is 0 Å². The second-order valence-corrected chi connectivity index (χ2v) is 3.25. The highest BCUT2D eigenvalue weighted by molar-refractivity contribution is 5.08. The Morgan fingerprint density at radius 1 is 1.77 bits per heavy atom. The van der Waals surface area contributed by atoms with Gasteiger partial charge in [-0.2, -0.15) is 10.4 Å². The maximum atomic E-state index is 8.60. The van der Waals surface area contributed by atoms with Crippen LogP contribution in [0, 0.1) is 11.3 Å². The molecule has 0 bridgehead atoms. The zero-order valence-corrected chi connectivity index (χ0v) is 7.40. The van der Waals surface area contributed by atoms with E-state index in [-0.39, 0.29) is 0 Å². The maximum absolute atomic E-state index is 8.60. The molecule has 2 heterocycles. The van der Waals surface area contributed by atoms with E-state index in [2.05, 4.69) is 16.5 Å². The lowest BCUT2D eigenvalue weighted by Crippen LogP contribution is -2.16. The summed E-state index contributed by atoms with van der Waals surface area (Å²) >= 11 is 0. The molecule has 1 saturated heterocycles. The Bertz CT molecular complexity index is 317. The van der Waals surface area contributed by atoms with Crippen LogP contribution in [0.1, 0.15) is 18.2 Å². The number of aromatic nitrogens is 2. The van der Waals surface area contributed by atoms with Crippen LogP contribution in [-0.2, 0) is 6.42 Å². The first kappa shape index (κ1) is 8.27. The van der Waals surface area contributed by atoms with Crippen molar-refractivity contribution < 1.29 is 0 Å². The van der Waals surface area contributed by atoms with E-state index in [4.69, 9.17) is 5.26 Å². The van der Waals surface area contributed by atoms with Gasteiger partial charge in [-0.3, -0.25) is 4.68 Å². The molecule has 0 aliphatic carbocycles. The molecule has 68 valence electrons. The lowest BCUT2D eigenvalue weighted by molar-refractivity contribution is 0.476. The molecule has 4 nitrogen and oxygen atoms in total. The van der Waals surface area contributed by atoms with Gasteiger partial charge in [-0.25, -0.2) is 0 Å². The van der Waals surface area contributed by atoms with Crippen molar-refractivity contribution in [3.05, 3.63) is 18.0 Å². The van der Waals surface area contributed by atoms with E-state index in [0.29, 0.717) is 12.5 Å². The summed E-state index contributed by atoms with van der Waals surface area (Å²) in [7, 11) is 0. The summed E-state index contributed by atoms with van der Waals surface area (Å²) in [6, 6.07) is 4.51. The Morgan fingerprint density at radius 3 is 3.38 bits per heavy atom. The van der Waals surface area contributed by atoms with Crippen molar-refractivity contribution in [1.82, 2.24) is 15.1 Å². The second kappa shape index (κ2) is 3.58. The zero-order chi connectivity index (χ0) is 9.10. The summed E-state index contributed by atoms with van der Waals surface area (Å²) in [6.07, 6.45) is 3.33. The fourth-order valence-corrected chi connectivity index (χ4v) is 1.74. The van der Waals surface area contributed by atoms with Gasteiger partial charge in [0.2, 0.25) is 0 Å². The van der Waals surface area contributed by atoms with Gasteiger partial charge in [0.1, 0.15) is 0 Å². The summed E-state index contributed by atoms with van der Waals surface area (Å²) in [5.74, 6) is 0. The Balaban J connectivity index is 2.19. The maximum Gasteiger partial charge on any atom is 0.0771 e. The average Bonchev–Trinajstić information content (AvgIpc) is 2.71. The number of rotatable bonds is 2. The van der Waals surface area contributed by atoms with E-state index in [1.807, 2.05) is 10.7 Å². The normalized spacial score (nSPS) is 21.6. The fraction of sp³-hybridized carbons (Fsp3) is 0.556. The van der Waals surface area contributed by atoms with Crippen molar-refractivity contribution in [2.24, 2.45) is 0 Å². The van der Waals surface area contributed by atoms with Crippen LogP contribution in [0.15, 0.2) is 12.3 Å². The van der Waals surface area contributed by atoms with Crippen molar-refractivity contribution in [3.63, 3.8) is 0 Å². The molecule has 4 heteroatoms. The number of hydrogen-bond donors (Lipinski definition) is 1. The Labute approximate surface area is 77.2 Å². The molecular formula is C9H12N4. The molecular weight excluding hydrogens is 164 g/mol. The molecule has 1 atom stereocenters. The molecule has 1 aliphatic heterocycles. The third-order valence-electron chi connectivity index (χ3n) is 2.39. The van der Waals surface area contributed by atoms with Gasteiger partial charge >= 0.3 is 0 Å². The fourth-order valence-electron chi connectivity index (χ4n) is 1.74. The molecule has 0 saturated carbocycles. The van der Waals surface area contributed by atoms with Gasteiger partial charge in [-0.1, -0.05) is 0 Å². The van der Waals surface area contributed by atoms with Crippen LogP contribution < -0.4 is 5.32 Å². The second-order valence-electron chi connectivity index (χ2n) is 3.25. The average molecular weight is 176 g/mol. The van der Waals surface area contributed by atoms with Gasteiger partial charge < -0.3 is 5.32 Å². The standard InChI is InChI=1S/C9H12N4/c10-4-1-8-3-6-12-13(8)9-2-5-11-7-9/h3,6,9,11H,1-2,5,7H2. The topological polar surface area (TPSA) is 53.6 Å². The lowest BCUT2D eigenvalue weighted by atomic mass is 10.2. The van der Waals surface area contributed by atoms with E-state index < -0.39 is 0 Å². The van der Waals surface area contributed by atoms with Crippen LogP contribution in [0.3, 0.4) is 0 Å². The van der Waals surface area contributed by atoms with Gasteiger partial charge in [0.15, 0.2) is 0 Å². The molecule has 1 fully saturated rings. The Kier molecular flexibility index (Phi) is 2.28. The molecule has 1 N–H and O–H groups in total. The molecule has 2 rings (SSSR count). The van der Waals surface area contributed by atoms with Crippen LogP contribution in [0.5, 0.6) is 0 Å². The first-order chi connectivity index (χ1) is 6.42. The molecule has 1 aliphatic rings. The van der Waals surface area contributed by atoms with Crippen molar-refractivity contribution in [3.8, 4) is 6.07 Å². The van der Waals surface area contributed by atoms with Crippen LogP contribution in [0.2, 0.25) is 0 Å². The molecule has 0 spiro atoms. The van der Waals surface area contributed by atoms with Gasteiger partial charge in [-0.15, -0.1) is 0 Å². The number of nitrogens with zero attached hydrogens (tertiary/aromatic N) is 3. The minimum absolute atomic E-state index is 0.443. The van der Waals surface area contributed by atoms with E-state index in [1.165, 1.54) is 0 Å². The summed E-state index contributed by atoms with van der Waals surface area (Å²) in [6.45, 7) is 2.02. The van der Waals surface area contributed by atoms with Crippen LogP contribution >= 0.6 is 0 Å². The summed E-state index contributed by atoms with van der Waals surface area (Å²) in [5, 5.41) is 16.1. The minimum atomic E-state index is 0.443. The van der Waals surface area contributed by atoms with E-state index in [9.17, 15) is 0 Å². The third-order valence-corrected chi connectivity index (χ3v) is 2.39. The lowest BCUT2D eigenvalue weighted by Gasteiger charge is -2.11. The van der Waals surface area contributed by atoms with Crippen molar-refractivity contribution in [2.45, 2.75) is 18.9 Å². The summed E-state index contributed by atoms with van der Waals surface area (Å²) < 4.78 is 1.98. The highest BCUT2D eigenvalue weighted by Crippen LogP contribution is 2.16. The molecule has 13 heavy (non-hydrogen) atoms. The highest BCUT2D eigenvalue weighted by atomic mass is 15.3. The molecule has 0 amide bonds. The first-order valence-electron chi connectivity index (χ1n) is 4.52. The van der Waals surface area contributed by atoms with Gasteiger partial charge in [0.05, 0.1) is 24.2 Å². The van der Waals surface area contributed by atoms with Crippen molar-refractivity contribution in [1.29, 1.82) is 5.26 Å². The minimum Gasteiger partial charge on any atom is -0.315 e. The smallest absolute Gasteiger partial charge is 0.0771 e. The number of hydrogen-bond acceptors (Lipinski definition) is 3. The molecule has 1 aromatic rings. The van der Waals surface area contributed by atoms with Crippen molar-refractivity contribution >= 4 is 0 Å². The number of nitrogens with one attached hydrogen (secondary N) is 1. The predicted octanol–water partition coefficient (Wildman–Crippen LogP) is 0.484. The predicted molar refractivity (Wildman–Crippen MR) is 48.1 cm³/mol. The molecule has 1 unspecified atom stereocenters. The number of nitriles is 1. The Morgan fingerprint density at radius 2 is 2.69 bits per heavy atom. The molecule has 1 aromatic heterocycles. The highest BCUT2D eigenvalue weighted by Gasteiger charge is 2.18. The van der Waals surface area contributed by atoms with Crippen LogP contribution in [0.25, 0.3) is 0 Å². The van der Waals surface area contributed by atoms with Crippen LogP contribution in [0.4, 0.5) is 0 Å². The van der Waals surface area contributed by atoms with Gasteiger partial charge in [-0.05, 0) is 19.0 Å². The quantitative estimate of drug-likeness (QED) is 0.713. The molecule has 0 aromatic carbocycles. The summed E-state index contributed by atoms with van der Waals surface area (Å²) in [5.41, 5.74) is 1.02. The third kappa shape index (κ3) is 1.56. The Hall–Kier alpha value is -1.34. The van der Waals surface area contributed by atoms with Crippen LogP contribution in [-0.4, -0.2) is 22.9 Å². The summed E-state index contributed by atoms with van der Waals surface area (Å²) in [4.78, 5) is 0. The van der Waals surface area contributed by atoms with E-state index in [1.54, 1.807) is 6.20 Å². The largest absolute Gasteiger partial charge is 0.315 e. The monoisotopic (exact) mass is 176 g/mol.